The average Bonchev–Trinajstić information content (AvgIpc) is 3.16. The normalized spacial score (nSPS) is 13.4. The zero-order chi connectivity index (χ0) is 19.4. The van der Waals surface area contributed by atoms with Crippen LogP contribution in [0.4, 0.5) is 17.1 Å². The number of amides is 2. The number of carbonyl (C=O) groups excluding carboxylic acids is 2. The third kappa shape index (κ3) is 4.22. The van der Waals surface area contributed by atoms with E-state index in [4.69, 9.17) is 5.73 Å². The van der Waals surface area contributed by atoms with E-state index in [-0.39, 0.29) is 12.1 Å². The van der Waals surface area contributed by atoms with Gasteiger partial charge in [0.1, 0.15) is 0 Å². The van der Waals surface area contributed by atoms with Gasteiger partial charge in [0.25, 0.3) is 5.69 Å². The summed E-state index contributed by atoms with van der Waals surface area (Å²) in [7, 11) is 0. The van der Waals surface area contributed by atoms with Crippen LogP contribution in [-0.2, 0) is 11.2 Å². The minimum atomic E-state index is -0.586. The van der Waals surface area contributed by atoms with Crippen molar-refractivity contribution in [2.45, 2.75) is 19.3 Å². The molecule has 0 spiro atoms. The minimum Gasteiger partial charge on any atom is -0.370 e. The summed E-state index contributed by atoms with van der Waals surface area (Å²) in [6.45, 7) is 1.73. The van der Waals surface area contributed by atoms with Gasteiger partial charge in [-0.25, -0.2) is 0 Å². The lowest BCUT2D eigenvalue weighted by molar-refractivity contribution is -0.385. The van der Waals surface area contributed by atoms with Crippen LogP contribution >= 0.6 is 0 Å². The number of anilines is 2. The fourth-order valence-electron chi connectivity index (χ4n) is 3.23. The number of para-hydroxylation sites is 1. The van der Waals surface area contributed by atoms with Gasteiger partial charge in [-0.15, -0.1) is 0 Å². The van der Waals surface area contributed by atoms with Crippen LogP contribution in [-0.4, -0.2) is 29.8 Å². The minimum absolute atomic E-state index is 0.0988. The number of nitro benzene ring substituents is 1. The van der Waals surface area contributed by atoms with Crippen molar-refractivity contribution in [2.24, 2.45) is 5.73 Å². The highest BCUT2D eigenvalue weighted by Gasteiger charge is 2.20. The first-order valence-electron chi connectivity index (χ1n) is 8.66. The van der Waals surface area contributed by atoms with Crippen molar-refractivity contribution >= 4 is 28.9 Å². The van der Waals surface area contributed by atoms with E-state index in [1.165, 1.54) is 6.07 Å². The van der Waals surface area contributed by atoms with Crippen molar-refractivity contribution in [3.05, 3.63) is 63.7 Å². The molecule has 3 rings (SSSR count). The smallest absolute Gasteiger partial charge is 0.273 e. The molecule has 1 aliphatic heterocycles. The zero-order valence-corrected chi connectivity index (χ0v) is 14.7. The molecule has 2 amide bonds. The SMILES string of the molecule is NC(=O)c1ccc(N2CCCC2)c(NC(=O)Cc2ccccc2[N+](=O)[O-])c1. The first kappa shape index (κ1) is 18.4. The summed E-state index contributed by atoms with van der Waals surface area (Å²) >= 11 is 0. The Balaban J connectivity index is 1.85. The molecule has 2 aromatic carbocycles. The molecule has 1 fully saturated rings. The van der Waals surface area contributed by atoms with Crippen molar-refractivity contribution in [1.82, 2.24) is 0 Å². The van der Waals surface area contributed by atoms with Crippen molar-refractivity contribution in [2.75, 3.05) is 23.3 Å². The Labute approximate surface area is 156 Å². The van der Waals surface area contributed by atoms with Crippen LogP contribution < -0.4 is 16.0 Å². The standard InChI is InChI=1S/C19H20N4O4/c20-19(25)14-7-8-17(22-9-3-4-10-22)15(11-14)21-18(24)12-13-5-1-2-6-16(13)23(26)27/h1-2,5-8,11H,3-4,9-10,12H2,(H2,20,25)(H,21,24). The van der Waals surface area contributed by atoms with E-state index in [1.807, 2.05) is 0 Å². The lowest BCUT2D eigenvalue weighted by atomic mass is 10.1. The molecule has 8 nitrogen and oxygen atoms in total. The molecule has 8 heteroatoms. The molecular formula is C19H20N4O4. The van der Waals surface area contributed by atoms with E-state index in [9.17, 15) is 19.7 Å². The van der Waals surface area contributed by atoms with Gasteiger partial charge in [-0.2, -0.15) is 0 Å². The first-order valence-corrected chi connectivity index (χ1v) is 8.66. The number of hydrogen-bond acceptors (Lipinski definition) is 5. The van der Waals surface area contributed by atoms with Gasteiger partial charge in [-0.05, 0) is 31.0 Å². The quantitative estimate of drug-likeness (QED) is 0.600. The second-order valence-electron chi connectivity index (χ2n) is 6.40. The second-order valence-corrected chi connectivity index (χ2v) is 6.40. The summed E-state index contributed by atoms with van der Waals surface area (Å²) in [4.78, 5) is 36.8. The molecule has 2 aromatic rings. The number of benzene rings is 2. The maximum absolute atomic E-state index is 12.5. The average molecular weight is 368 g/mol. The van der Waals surface area contributed by atoms with Gasteiger partial charge in [0.15, 0.2) is 0 Å². The number of rotatable bonds is 6. The fraction of sp³-hybridized carbons (Fsp3) is 0.263. The van der Waals surface area contributed by atoms with Crippen molar-refractivity contribution in [1.29, 1.82) is 0 Å². The van der Waals surface area contributed by atoms with E-state index in [0.29, 0.717) is 16.8 Å². The topological polar surface area (TPSA) is 119 Å². The molecular weight excluding hydrogens is 348 g/mol. The van der Waals surface area contributed by atoms with E-state index in [2.05, 4.69) is 10.2 Å². The molecule has 1 heterocycles. The van der Waals surface area contributed by atoms with E-state index >= 15 is 0 Å². The van der Waals surface area contributed by atoms with Gasteiger partial charge < -0.3 is 16.0 Å². The first-order chi connectivity index (χ1) is 13.0. The maximum atomic E-state index is 12.5. The monoisotopic (exact) mass is 368 g/mol. The van der Waals surface area contributed by atoms with Crippen LogP contribution in [0.3, 0.4) is 0 Å². The van der Waals surface area contributed by atoms with Crippen molar-refractivity contribution in [3.8, 4) is 0 Å². The lowest BCUT2D eigenvalue weighted by Gasteiger charge is -2.22. The number of carbonyl (C=O) groups is 2. The molecule has 0 saturated carbocycles. The van der Waals surface area contributed by atoms with Gasteiger partial charge in [-0.1, -0.05) is 18.2 Å². The highest BCUT2D eigenvalue weighted by Crippen LogP contribution is 2.30. The molecule has 0 unspecified atom stereocenters. The van der Waals surface area contributed by atoms with Gasteiger partial charge in [-0.3, -0.25) is 19.7 Å². The molecule has 0 bridgehead atoms. The molecule has 0 aromatic heterocycles. The van der Waals surface area contributed by atoms with Crippen molar-refractivity contribution in [3.63, 3.8) is 0 Å². The van der Waals surface area contributed by atoms with E-state index in [0.717, 1.165) is 31.6 Å². The van der Waals surface area contributed by atoms with Crippen LogP contribution in [0.5, 0.6) is 0 Å². The molecule has 0 aliphatic carbocycles. The van der Waals surface area contributed by atoms with Crippen LogP contribution in [0.25, 0.3) is 0 Å². The lowest BCUT2D eigenvalue weighted by Crippen LogP contribution is -2.23. The molecule has 27 heavy (non-hydrogen) atoms. The summed E-state index contributed by atoms with van der Waals surface area (Å²) in [5, 5.41) is 13.9. The zero-order valence-electron chi connectivity index (χ0n) is 14.7. The Morgan fingerprint density at radius 3 is 2.52 bits per heavy atom. The Bertz CT molecular complexity index is 891. The van der Waals surface area contributed by atoms with Crippen LogP contribution in [0.15, 0.2) is 42.5 Å². The number of nitro groups is 1. The number of nitrogens with zero attached hydrogens (tertiary/aromatic N) is 2. The third-order valence-corrected chi connectivity index (χ3v) is 4.54. The fourth-order valence-corrected chi connectivity index (χ4v) is 3.23. The third-order valence-electron chi connectivity index (χ3n) is 4.54. The second kappa shape index (κ2) is 7.86. The van der Waals surface area contributed by atoms with E-state index < -0.39 is 16.7 Å². The molecule has 0 radical (unpaired) electrons. The molecule has 1 aliphatic rings. The van der Waals surface area contributed by atoms with Crippen molar-refractivity contribution < 1.29 is 14.5 Å². The summed E-state index contributed by atoms with van der Waals surface area (Å²) in [6, 6.07) is 11.1. The summed E-state index contributed by atoms with van der Waals surface area (Å²) in [6.07, 6.45) is 1.97. The number of nitrogens with two attached hydrogens (primary N) is 1. The van der Waals surface area contributed by atoms with Crippen LogP contribution in [0.1, 0.15) is 28.8 Å². The summed E-state index contributed by atoms with van der Waals surface area (Å²) < 4.78 is 0. The predicted octanol–water partition coefficient (Wildman–Crippen LogP) is 2.48. The molecule has 0 atom stereocenters. The number of hydrogen-bond donors (Lipinski definition) is 2. The number of nitrogens with one attached hydrogen (secondary N) is 1. The van der Waals surface area contributed by atoms with Gasteiger partial charge in [0.2, 0.25) is 11.8 Å². The highest BCUT2D eigenvalue weighted by atomic mass is 16.6. The molecule has 1 saturated heterocycles. The van der Waals surface area contributed by atoms with Crippen LogP contribution in [0, 0.1) is 10.1 Å². The molecule has 3 N–H and O–H groups in total. The summed E-state index contributed by atoms with van der Waals surface area (Å²) in [5.41, 5.74) is 7.17. The predicted molar refractivity (Wildman–Crippen MR) is 102 cm³/mol. The number of primary amides is 1. The maximum Gasteiger partial charge on any atom is 0.273 e. The molecule has 140 valence electrons. The Hall–Kier alpha value is -3.42. The Kier molecular flexibility index (Phi) is 5.35. The van der Waals surface area contributed by atoms with Gasteiger partial charge in [0.05, 0.1) is 22.7 Å². The van der Waals surface area contributed by atoms with Gasteiger partial charge in [0, 0.05) is 30.3 Å². The Morgan fingerprint density at radius 2 is 1.85 bits per heavy atom. The largest absolute Gasteiger partial charge is 0.370 e. The summed E-state index contributed by atoms with van der Waals surface area (Å²) in [5.74, 6) is -0.983. The highest BCUT2D eigenvalue weighted by molar-refractivity contribution is 6.00. The van der Waals surface area contributed by atoms with Gasteiger partial charge >= 0.3 is 0 Å². The van der Waals surface area contributed by atoms with Crippen LogP contribution in [0.2, 0.25) is 0 Å². The Morgan fingerprint density at radius 1 is 1.15 bits per heavy atom. The van der Waals surface area contributed by atoms with E-state index in [1.54, 1.807) is 36.4 Å².